The molecular formula is C19H30Si. The Balaban J connectivity index is 2.45. The third-order valence-corrected chi connectivity index (χ3v) is 6.96. The molecule has 0 amide bonds. The van der Waals surface area contributed by atoms with E-state index in [9.17, 15) is 0 Å². The highest BCUT2D eigenvalue weighted by Gasteiger charge is 2.21. The molecule has 0 N–H and O–H groups in total. The first kappa shape index (κ1) is 17.0. The molecule has 110 valence electrons. The van der Waals surface area contributed by atoms with E-state index in [0.717, 1.165) is 0 Å². The number of benzene rings is 1. The van der Waals surface area contributed by atoms with Crippen LogP contribution in [-0.2, 0) is 0 Å². The molecule has 0 aliphatic heterocycles. The van der Waals surface area contributed by atoms with Crippen LogP contribution >= 0.6 is 0 Å². The van der Waals surface area contributed by atoms with E-state index in [1.54, 1.807) is 10.8 Å². The zero-order valence-electron chi connectivity index (χ0n) is 13.7. The lowest BCUT2D eigenvalue weighted by Crippen LogP contribution is -2.40. The van der Waals surface area contributed by atoms with Gasteiger partial charge in [-0.1, -0.05) is 85.8 Å². The smallest absolute Gasteiger partial charge is 0.0843 e. The average Bonchev–Trinajstić information content (AvgIpc) is 2.46. The maximum atomic E-state index is 2.48. The highest BCUT2D eigenvalue weighted by Crippen LogP contribution is 2.14. The minimum Gasteiger partial charge on any atom is -0.0885 e. The van der Waals surface area contributed by atoms with Gasteiger partial charge in [-0.3, -0.25) is 0 Å². The average molecular weight is 287 g/mol. The zero-order valence-corrected chi connectivity index (χ0v) is 14.7. The van der Waals surface area contributed by atoms with E-state index in [-0.39, 0.29) is 0 Å². The Morgan fingerprint density at radius 1 is 1.05 bits per heavy atom. The number of unbranched alkanes of at least 4 members (excludes halogenated alkanes) is 1. The fourth-order valence-corrected chi connectivity index (χ4v) is 4.44. The van der Waals surface area contributed by atoms with E-state index < -0.39 is 8.07 Å². The second kappa shape index (κ2) is 8.96. The normalized spacial score (nSPS) is 13.1. The largest absolute Gasteiger partial charge is 0.0885 e. The summed E-state index contributed by atoms with van der Waals surface area (Å²) < 4.78 is 0. The van der Waals surface area contributed by atoms with Gasteiger partial charge in [0.15, 0.2) is 0 Å². The monoisotopic (exact) mass is 286 g/mol. The van der Waals surface area contributed by atoms with Gasteiger partial charge in [-0.05, 0) is 32.2 Å². The number of allylic oxidation sites excluding steroid dienone is 4. The molecule has 20 heavy (non-hydrogen) atoms. The Morgan fingerprint density at radius 3 is 2.35 bits per heavy atom. The summed E-state index contributed by atoms with van der Waals surface area (Å²) in [6.07, 6.45) is 12.0. The van der Waals surface area contributed by atoms with E-state index in [1.165, 1.54) is 31.7 Å². The van der Waals surface area contributed by atoms with Crippen LogP contribution < -0.4 is 5.19 Å². The molecule has 0 fully saturated rings. The van der Waals surface area contributed by atoms with Crippen molar-refractivity contribution >= 4 is 13.3 Å². The predicted octanol–water partition coefficient (Wildman–Crippen LogP) is 5.68. The lowest BCUT2D eigenvalue weighted by atomic mass is 10.1. The van der Waals surface area contributed by atoms with Crippen molar-refractivity contribution in [1.29, 1.82) is 0 Å². The molecule has 0 saturated heterocycles. The second-order valence-corrected chi connectivity index (χ2v) is 11.1. The molecule has 0 spiro atoms. The minimum absolute atomic E-state index is 1.19. The van der Waals surface area contributed by atoms with Gasteiger partial charge < -0.3 is 0 Å². The number of hydrogen-bond acceptors (Lipinski definition) is 0. The van der Waals surface area contributed by atoms with Crippen LogP contribution in [0.1, 0.15) is 39.5 Å². The molecule has 0 nitrogen and oxygen atoms in total. The predicted molar refractivity (Wildman–Crippen MR) is 95.4 cm³/mol. The van der Waals surface area contributed by atoms with Gasteiger partial charge in [-0.2, -0.15) is 0 Å². The summed E-state index contributed by atoms with van der Waals surface area (Å²) >= 11 is 0. The summed E-state index contributed by atoms with van der Waals surface area (Å²) in [5.41, 5.74) is 1.54. The quantitative estimate of drug-likeness (QED) is 0.426. The standard InChI is InChI=1S/C19H30Si/c1-5-6-7-8-10-13-18(2)16-17-20(3,4)19-14-11-9-12-15-19/h7-9,11-12,14-16H,5-6,10,13,17H2,1-4H3/b8-7+,18-16-. The first-order valence-electron chi connectivity index (χ1n) is 7.92. The molecule has 0 atom stereocenters. The number of rotatable bonds is 8. The van der Waals surface area contributed by atoms with Gasteiger partial charge in [0, 0.05) is 0 Å². The Kier molecular flexibility index (Phi) is 7.61. The summed E-state index contributed by atoms with van der Waals surface area (Å²) in [5.74, 6) is 0. The van der Waals surface area contributed by atoms with Crippen molar-refractivity contribution in [2.45, 2.75) is 58.7 Å². The van der Waals surface area contributed by atoms with Gasteiger partial charge in [0.2, 0.25) is 0 Å². The summed E-state index contributed by atoms with van der Waals surface area (Å²) in [6, 6.07) is 12.3. The lowest BCUT2D eigenvalue weighted by molar-refractivity contribution is 0.929. The van der Waals surface area contributed by atoms with Crippen molar-refractivity contribution in [3.05, 3.63) is 54.1 Å². The van der Waals surface area contributed by atoms with Gasteiger partial charge in [-0.25, -0.2) is 0 Å². The van der Waals surface area contributed by atoms with Gasteiger partial charge in [0.05, 0.1) is 8.07 Å². The fourth-order valence-electron chi connectivity index (χ4n) is 2.25. The van der Waals surface area contributed by atoms with Crippen LogP contribution in [0, 0.1) is 0 Å². The summed E-state index contributed by atoms with van der Waals surface area (Å²) in [6.45, 7) is 9.44. The molecule has 0 saturated carbocycles. The van der Waals surface area contributed by atoms with Gasteiger partial charge >= 0.3 is 0 Å². The van der Waals surface area contributed by atoms with Crippen molar-refractivity contribution in [3.63, 3.8) is 0 Å². The summed E-state index contributed by atoms with van der Waals surface area (Å²) in [4.78, 5) is 0. The van der Waals surface area contributed by atoms with E-state index in [0.29, 0.717) is 0 Å². The van der Waals surface area contributed by atoms with E-state index in [2.05, 4.69) is 75.5 Å². The first-order chi connectivity index (χ1) is 9.56. The van der Waals surface area contributed by atoms with E-state index >= 15 is 0 Å². The Morgan fingerprint density at radius 2 is 1.70 bits per heavy atom. The third kappa shape index (κ3) is 6.38. The molecule has 1 aromatic carbocycles. The van der Waals surface area contributed by atoms with Crippen molar-refractivity contribution in [2.75, 3.05) is 0 Å². The lowest BCUT2D eigenvalue weighted by Gasteiger charge is -2.21. The Hall–Kier alpha value is -1.08. The molecular weight excluding hydrogens is 256 g/mol. The van der Waals surface area contributed by atoms with Crippen molar-refractivity contribution in [1.82, 2.24) is 0 Å². The topological polar surface area (TPSA) is 0 Å². The van der Waals surface area contributed by atoms with Gasteiger partial charge in [-0.15, -0.1) is 0 Å². The van der Waals surface area contributed by atoms with Crippen molar-refractivity contribution in [3.8, 4) is 0 Å². The van der Waals surface area contributed by atoms with Gasteiger partial charge in [0.1, 0.15) is 0 Å². The van der Waals surface area contributed by atoms with Crippen LogP contribution in [0.5, 0.6) is 0 Å². The van der Waals surface area contributed by atoms with E-state index in [4.69, 9.17) is 0 Å². The van der Waals surface area contributed by atoms with Crippen LogP contribution in [0.25, 0.3) is 0 Å². The van der Waals surface area contributed by atoms with Crippen LogP contribution in [0.3, 0.4) is 0 Å². The molecule has 1 aromatic rings. The van der Waals surface area contributed by atoms with Crippen molar-refractivity contribution < 1.29 is 0 Å². The molecule has 0 bridgehead atoms. The molecule has 1 heteroatoms. The molecule has 0 heterocycles. The maximum Gasteiger partial charge on any atom is 0.0843 e. The highest BCUT2D eigenvalue weighted by molar-refractivity contribution is 6.90. The first-order valence-corrected chi connectivity index (χ1v) is 11.1. The van der Waals surface area contributed by atoms with Crippen LogP contribution in [0.4, 0.5) is 0 Å². The van der Waals surface area contributed by atoms with Crippen LogP contribution in [0.15, 0.2) is 54.1 Å². The highest BCUT2D eigenvalue weighted by atomic mass is 28.3. The summed E-state index contributed by atoms with van der Waals surface area (Å²) in [7, 11) is -1.30. The van der Waals surface area contributed by atoms with Crippen LogP contribution in [-0.4, -0.2) is 8.07 Å². The van der Waals surface area contributed by atoms with Crippen LogP contribution in [0.2, 0.25) is 19.1 Å². The molecule has 0 radical (unpaired) electrons. The minimum atomic E-state index is -1.30. The summed E-state index contributed by atoms with van der Waals surface area (Å²) in [5, 5.41) is 1.56. The SMILES string of the molecule is CCC/C=C/CC/C(C)=C\C[Si](C)(C)c1ccccc1. The molecule has 0 aliphatic rings. The van der Waals surface area contributed by atoms with Gasteiger partial charge in [0.25, 0.3) is 0 Å². The second-order valence-electron chi connectivity index (χ2n) is 6.30. The fraction of sp³-hybridized carbons (Fsp3) is 0.474. The molecule has 0 aliphatic carbocycles. The maximum absolute atomic E-state index is 2.48. The van der Waals surface area contributed by atoms with E-state index in [1.807, 2.05) is 0 Å². The number of hydrogen-bond donors (Lipinski definition) is 0. The Labute approximate surface area is 126 Å². The molecule has 0 unspecified atom stereocenters. The molecule has 1 rings (SSSR count). The molecule has 0 aromatic heterocycles. The van der Waals surface area contributed by atoms with Crippen molar-refractivity contribution in [2.24, 2.45) is 0 Å². The third-order valence-electron chi connectivity index (χ3n) is 3.84. The zero-order chi connectivity index (χ0) is 14.8. The Bertz CT molecular complexity index is 426.